The van der Waals surface area contributed by atoms with Gasteiger partial charge in [0, 0.05) is 6.04 Å². The molecular formula is C23H32N2O3S. The predicted molar refractivity (Wildman–Crippen MR) is 120 cm³/mol. The molecule has 2 aromatic rings. The van der Waals surface area contributed by atoms with Crippen LogP contribution in [0.5, 0.6) is 0 Å². The van der Waals surface area contributed by atoms with Crippen LogP contribution in [0.1, 0.15) is 43.4 Å². The Bertz CT molecular complexity index is 926. The minimum absolute atomic E-state index is 0.0585. The molecule has 0 aliphatic heterocycles. The molecule has 1 N–H and O–H groups in total. The number of rotatable bonds is 9. The molecule has 0 saturated carbocycles. The zero-order valence-corrected chi connectivity index (χ0v) is 18.8. The van der Waals surface area contributed by atoms with Gasteiger partial charge in [0.2, 0.25) is 15.9 Å². The highest BCUT2D eigenvalue weighted by Crippen LogP contribution is 2.27. The molecule has 158 valence electrons. The van der Waals surface area contributed by atoms with Gasteiger partial charge in [-0.1, -0.05) is 49.4 Å². The van der Waals surface area contributed by atoms with E-state index in [0.29, 0.717) is 12.1 Å². The van der Waals surface area contributed by atoms with Gasteiger partial charge in [-0.3, -0.25) is 9.10 Å². The number of hydrogen-bond donors (Lipinski definition) is 1. The van der Waals surface area contributed by atoms with E-state index in [1.807, 2.05) is 64.1 Å². The maximum Gasteiger partial charge on any atom is 0.244 e. The Balaban J connectivity index is 2.19. The fraction of sp³-hybridized carbons (Fsp3) is 0.435. The average Bonchev–Trinajstić information content (AvgIpc) is 2.66. The average molecular weight is 417 g/mol. The van der Waals surface area contributed by atoms with Gasteiger partial charge in [-0.15, -0.1) is 0 Å². The number of hydrogen-bond acceptors (Lipinski definition) is 3. The molecule has 0 heterocycles. The van der Waals surface area contributed by atoms with Crippen LogP contribution in [-0.2, 0) is 21.2 Å². The van der Waals surface area contributed by atoms with Crippen LogP contribution in [0.4, 0.5) is 5.69 Å². The van der Waals surface area contributed by atoms with Gasteiger partial charge in [0.05, 0.1) is 11.9 Å². The van der Waals surface area contributed by atoms with E-state index in [1.165, 1.54) is 9.87 Å². The van der Waals surface area contributed by atoms with Crippen LogP contribution in [0.2, 0.25) is 0 Å². The number of sulfonamides is 1. The third kappa shape index (κ3) is 6.32. The van der Waals surface area contributed by atoms with Crippen LogP contribution in [0, 0.1) is 13.8 Å². The van der Waals surface area contributed by atoms with Crippen LogP contribution in [0.3, 0.4) is 0 Å². The third-order valence-electron chi connectivity index (χ3n) is 5.03. The van der Waals surface area contributed by atoms with E-state index < -0.39 is 16.1 Å². The number of aryl methyl sites for hydroxylation is 3. The Morgan fingerprint density at radius 3 is 2.34 bits per heavy atom. The second-order valence-corrected chi connectivity index (χ2v) is 9.57. The highest BCUT2D eigenvalue weighted by atomic mass is 32.2. The highest BCUT2D eigenvalue weighted by molar-refractivity contribution is 7.92. The number of amides is 1. The molecule has 0 radical (unpaired) electrons. The molecule has 2 aromatic carbocycles. The van der Waals surface area contributed by atoms with Crippen molar-refractivity contribution in [2.45, 2.75) is 59.0 Å². The van der Waals surface area contributed by atoms with Gasteiger partial charge in [0.15, 0.2) is 0 Å². The maximum absolute atomic E-state index is 13.0. The first kappa shape index (κ1) is 22.9. The van der Waals surface area contributed by atoms with Crippen molar-refractivity contribution >= 4 is 21.6 Å². The largest absolute Gasteiger partial charge is 0.352 e. The first-order valence-corrected chi connectivity index (χ1v) is 11.9. The molecule has 0 fully saturated rings. The van der Waals surface area contributed by atoms with Crippen LogP contribution >= 0.6 is 0 Å². The molecule has 2 atom stereocenters. The summed E-state index contributed by atoms with van der Waals surface area (Å²) < 4.78 is 26.6. The van der Waals surface area contributed by atoms with E-state index in [9.17, 15) is 13.2 Å². The summed E-state index contributed by atoms with van der Waals surface area (Å²) in [6.45, 7) is 7.56. The predicted octanol–water partition coefficient (Wildman–Crippen LogP) is 3.99. The van der Waals surface area contributed by atoms with Crippen LogP contribution in [0.25, 0.3) is 0 Å². The van der Waals surface area contributed by atoms with Crippen LogP contribution in [-0.4, -0.2) is 32.7 Å². The summed E-state index contributed by atoms with van der Waals surface area (Å²) in [5, 5.41) is 3.01. The summed E-state index contributed by atoms with van der Waals surface area (Å²) >= 11 is 0. The number of nitrogens with zero attached hydrogens (tertiary/aromatic N) is 1. The quantitative estimate of drug-likeness (QED) is 0.672. The molecule has 5 nitrogen and oxygen atoms in total. The molecule has 0 aliphatic rings. The number of anilines is 1. The van der Waals surface area contributed by atoms with E-state index in [2.05, 4.69) is 17.4 Å². The van der Waals surface area contributed by atoms with Crippen molar-refractivity contribution in [2.75, 3.05) is 10.6 Å². The zero-order chi connectivity index (χ0) is 21.6. The lowest BCUT2D eigenvalue weighted by Gasteiger charge is -2.32. The maximum atomic E-state index is 13.0. The SMILES string of the molecule is CC[C@@H](C(=O)N[C@@H](C)CCc1ccccc1)N(c1cc(C)ccc1C)S(C)(=O)=O. The first-order valence-electron chi connectivity index (χ1n) is 10.0. The van der Waals surface area contributed by atoms with Gasteiger partial charge in [-0.05, 0) is 62.8 Å². The smallest absolute Gasteiger partial charge is 0.244 e. The van der Waals surface area contributed by atoms with Crippen molar-refractivity contribution in [2.24, 2.45) is 0 Å². The van der Waals surface area contributed by atoms with Crippen molar-refractivity contribution in [1.29, 1.82) is 0 Å². The molecule has 0 aromatic heterocycles. The molecule has 1 amide bonds. The number of nitrogens with one attached hydrogen (secondary N) is 1. The van der Waals surface area contributed by atoms with Crippen molar-refractivity contribution < 1.29 is 13.2 Å². The molecular weight excluding hydrogens is 384 g/mol. The molecule has 6 heteroatoms. The molecule has 0 spiro atoms. The summed E-state index contributed by atoms with van der Waals surface area (Å²) in [5.41, 5.74) is 3.55. The molecule has 0 saturated heterocycles. The van der Waals surface area contributed by atoms with E-state index in [0.717, 1.165) is 30.2 Å². The Morgan fingerprint density at radius 2 is 1.76 bits per heavy atom. The first-order chi connectivity index (χ1) is 13.6. The van der Waals surface area contributed by atoms with Gasteiger partial charge < -0.3 is 5.32 Å². The lowest BCUT2D eigenvalue weighted by atomic mass is 10.1. The topological polar surface area (TPSA) is 66.5 Å². The van der Waals surface area contributed by atoms with Gasteiger partial charge >= 0.3 is 0 Å². The molecule has 29 heavy (non-hydrogen) atoms. The normalized spacial score (nSPS) is 13.6. The third-order valence-corrected chi connectivity index (χ3v) is 6.20. The summed E-state index contributed by atoms with van der Waals surface area (Å²) in [6.07, 6.45) is 3.18. The van der Waals surface area contributed by atoms with Gasteiger partial charge in [0.1, 0.15) is 6.04 Å². The van der Waals surface area contributed by atoms with E-state index in [1.54, 1.807) is 0 Å². The second kappa shape index (κ2) is 9.92. The molecule has 0 bridgehead atoms. The molecule has 2 rings (SSSR count). The standard InChI is InChI=1S/C23H32N2O3S/c1-6-21(23(26)24-19(4)14-15-20-10-8-7-9-11-20)25(29(5,27)28)22-16-17(2)12-13-18(22)3/h7-13,16,19,21H,6,14-15H2,1-5H3,(H,24,26)/t19-,21-/m0/s1. The lowest BCUT2D eigenvalue weighted by molar-refractivity contribution is -0.122. The van der Waals surface area contributed by atoms with Gasteiger partial charge in [-0.2, -0.15) is 0 Å². The van der Waals surface area contributed by atoms with E-state index >= 15 is 0 Å². The monoisotopic (exact) mass is 416 g/mol. The zero-order valence-electron chi connectivity index (χ0n) is 18.0. The summed E-state index contributed by atoms with van der Waals surface area (Å²) in [5.74, 6) is -0.264. The fourth-order valence-corrected chi connectivity index (χ4v) is 4.69. The van der Waals surface area contributed by atoms with Crippen molar-refractivity contribution in [3.8, 4) is 0 Å². The summed E-state index contributed by atoms with van der Waals surface area (Å²) in [7, 11) is -3.63. The number of carbonyl (C=O) groups excluding carboxylic acids is 1. The summed E-state index contributed by atoms with van der Waals surface area (Å²) in [4.78, 5) is 13.0. The number of benzene rings is 2. The van der Waals surface area contributed by atoms with Crippen molar-refractivity contribution in [3.63, 3.8) is 0 Å². The van der Waals surface area contributed by atoms with Crippen molar-refractivity contribution in [3.05, 3.63) is 65.2 Å². The molecule has 0 aliphatic carbocycles. The molecule has 0 unspecified atom stereocenters. The van der Waals surface area contributed by atoms with Crippen LogP contribution < -0.4 is 9.62 Å². The number of carbonyl (C=O) groups is 1. The Labute approximate surface area is 175 Å². The van der Waals surface area contributed by atoms with E-state index in [-0.39, 0.29) is 11.9 Å². The fourth-order valence-electron chi connectivity index (χ4n) is 3.43. The highest BCUT2D eigenvalue weighted by Gasteiger charge is 2.32. The Morgan fingerprint density at radius 1 is 1.10 bits per heavy atom. The second-order valence-electron chi connectivity index (χ2n) is 7.71. The van der Waals surface area contributed by atoms with Crippen molar-refractivity contribution in [1.82, 2.24) is 5.32 Å². The van der Waals surface area contributed by atoms with E-state index in [4.69, 9.17) is 0 Å². The lowest BCUT2D eigenvalue weighted by Crippen LogP contribution is -2.51. The van der Waals surface area contributed by atoms with Gasteiger partial charge in [-0.25, -0.2) is 8.42 Å². The van der Waals surface area contributed by atoms with Gasteiger partial charge in [0.25, 0.3) is 0 Å². The Kier molecular flexibility index (Phi) is 7.85. The minimum atomic E-state index is -3.63. The minimum Gasteiger partial charge on any atom is -0.352 e. The Hall–Kier alpha value is -2.34. The van der Waals surface area contributed by atoms with Crippen LogP contribution in [0.15, 0.2) is 48.5 Å². The summed E-state index contributed by atoms with van der Waals surface area (Å²) in [6, 6.07) is 14.9.